The zero-order valence-electron chi connectivity index (χ0n) is 13.4. The maximum Gasteiger partial charge on any atom is 0.311 e. The lowest BCUT2D eigenvalue weighted by Crippen LogP contribution is -2.27. The molecule has 0 aliphatic heterocycles. The van der Waals surface area contributed by atoms with Crippen LogP contribution >= 0.6 is 11.3 Å². The monoisotopic (exact) mass is 352 g/mol. The van der Waals surface area contributed by atoms with Crippen LogP contribution in [-0.2, 0) is 28.9 Å². The number of aromatic nitrogens is 2. The summed E-state index contributed by atoms with van der Waals surface area (Å²) in [5.74, 6) is -0.896. The predicted molar refractivity (Wildman–Crippen MR) is 89.9 cm³/mol. The van der Waals surface area contributed by atoms with Gasteiger partial charge in [-0.15, -0.1) is 11.3 Å². The average Bonchev–Trinajstić information content (AvgIpc) is 3.10. The van der Waals surface area contributed by atoms with Gasteiger partial charge >= 0.3 is 5.97 Å². The Morgan fingerprint density at radius 3 is 2.96 bits per heavy atom. The highest BCUT2D eigenvalue weighted by Gasteiger charge is 2.34. The molecular weight excluding hydrogens is 332 g/mol. The van der Waals surface area contributed by atoms with Crippen LogP contribution < -0.4 is 5.56 Å². The van der Waals surface area contributed by atoms with E-state index in [-0.39, 0.29) is 12.2 Å². The van der Waals surface area contributed by atoms with Gasteiger partial charge in [0.1, 0.15) is 10.7 Å². The minimum atomic E-state index is -0.891. The van der Waals surface area contributed by atoms with Crippen LogP contribution in [0.5, 0.6) is 0 Å². The Hall–Kier alpha value is -1.77. The van der Waals surface area contributed by atoms with E-state index in [1.54, 1.807) is 11.7 Å². The van der Waals surface area contributed by atoms with Crippen LogP contribution in [0.25, 0.3) is 10.2 Å². The molecule has 130 valence electrons. The van der Waals surface area contributed by atoms with Crippen molar-refractivity contribution in [1.82, 2.24) is 9.55 Å². The van der Waals surface area contributed by atoms with Gasteiger partial charge in [-0.1, -0.05) is 0 Å². The molecular formula is C16H20N2O5S. The molecule has 1 atom stereocenters. The van der Waals surface area contributed by atoms with E-state index in [4.69, 9.17) is 9.84 Å². The molecule has 2 aromatic heterocycles. The van der Waals surface area contributed by atoms with E-state index < -0.39 is 11.9 Å². The normalized spacial score (nSPS) is 16.7. The Bertz CT molecular complexity index is 826. The summed E-state index contributed by atoms with van der Waals surface area (Å²) >= 11 is 1.42. The number of aliphatic carboxylic acids is 1. The Kier molecular flexibility index (Phi) is 4.98. The fourth-order valence-corrected chi connectivity index (χ4v) is 4.52. The Balaban J connectivity index is 2.18. The summed E-state index contributed by atoms with van der Waals surface area (Å²) in [6, 6.07) is 0. The minimum absolute atomic E-state index is 0.0201. The molecule has 7 nitrogen and oxygen atoms in total. The number of fused-ring (bicyclic) bond motifs is 3. The van der Waals surface area contributed by atoms with Crippen molar-refractivity contribution in [2.45, 2.75) is 38.1 Å². The van der Waals surface area contributed by atoms with E-state index in [0.29, 0.717) is 60.4 Å². The summed E-state index contributed by atoms with van der Waals surface area (Å²) < 4.78 is 6.65. The maximum atomic E-state index is 13.0. The molecule has 24 heavy (non-hydrogen) atoms. The van der Waals surface area contributed by atoms with Crippen molar-refractivity contribution in [3.05, 3.63) is 26.6 Å². The molecule has 2 N–H and O–H groups in total. The zero-order valence-corrected chi connectivity index (χ0v) is 14.3. The van der Waals surface area contributed by atoms with Crippen molar-refractivity contribution in [2.75, 3.05) is 20.3 Å². The topological polar surface area (TPSA) is 102 Å². The summed E-state index contributed by atoms with van der Waals surface area (Å²) in [7, 11) is 1.59. The molecule has 8 heteroatoms. The van der Waals surface area contributed by atoms with Crippen LogP contribution in [-0.4, -0.2) is 46.1 Å². The fourth-order valence-electron chi connectivity index (χ4n) is 3.26. The molecule has 2 aromatic rings. The van der Waals surface area contributed by atoms with E-state index in [0.717, 1.165) is 4.88 Å². The molecule has 1 unspecified atom stereocenters. The summed E-state index contributed by atoms with van der Waals surface area (Å²) in [6.07, 6.45) is 2.16. The number of carboxylic acid groups (broad SMARTS) is 1. The van der Waals surface area contributed by atoms with Gasteiger partial charge in [0.2, 0.25) is 0 Å². The van der Waals surface area contributed by atoms with Gasteiger partial charge in [-0.2, -0.15) is 0 Å². The van der Waals surface area contributed by atoms with Gasteiger partial charge in [-0.25, -0.2) is 4.98 Å². The number of aliphatic hydroxyl groups excluding tert-OH is 1. The number of nitrogens with zero attached hydrogens (tertiary/aromatic N) is 2. The molecule has 0 fully saturated rings. The van der Waals surface area contributed by atoms with Gasteiger partial charge in [-0.3, -0.25) is 14.2 Å². The van der Waals surface area contributed by atoms with Gasteiger partial charge < -0.3 is 14.9 Å². The predicted octanol–water partition coefficient (Wildman–Crippen LogP) is 1.14. The van der Waals surface area contributed by atoms with Gasteiger partial charge in [-0.05, 0) is 24.8 Å². The quantitative estimate of drug-likeness (QED) is 0.775. The van der Waals surface area contributed by atoms with E-state index >= 15 is 0 Å². The first kappa shape index (κ1) is 17.1. The molecule has 0 radical (unpaired) electrons. The van der Waals surface area contributed by atoms with Crippen LogP contribution in [0.2, 0.25) is 0 Å². The third-order valence-electron chi connectivity index (χ3n) is 4.38. The molecule has 0 aromatic carbocycles. The first-order chi connectivity index (χ1) is 11.6. The zero-order chi connectivity index (χ0) is 17.3. The number of aryl methyl sites for hydroxylation is 1. The highest BCUT2D eigenvalue weighted by atomic mass is 32.1. The first-order valence-electron chi connectivity index (χ1n) is 7.96. The summed E-state index contributed by atoms with van der Waals surface area (Å²) in [6.45, 7) is 0.785. The van der Waals surface area contributed by atoms with Crippen LogP contribution in [0, 0.1) is 0 Å². The second-order valence-corrected chi connectivity index (χ2v) is 6.94. The highest BCUT2D eigenvalue weighted by Crippen LogP contribution is 2.42. The van der Waals surface area contributed by atoms with Crippen LogP contribution in [0.4, 0.5) is 0 Å². The molecule has 2 heterocycles. The first-order valence-corrected chi connectivity index (χ1v) is 8.77. The van der Waals surface area contributed by atoms with Crippen molar-refractivity contribution >= 4 is 27.5 Å². The number of methoxy groups -OCH3 is 1. The smallest absolute Gasteiger partial charge is 0.311 e. The molecule has 0 saturated heterocycles. The van der Waals surface area contributed by atoms with Crippen molar-refractivity contribution < 1.29 is 19.7 Å². The fraction of sp³-hybridized carbons (Fsp3) is 0.562. The third kappa shape index (κ3) is 2.85. The molecule has 0 saturated carbocycles. The average molecular weight is 352 g/mol. The van der Waals surface area contributed by atoms with Crippen molar-refractivity contribution in [1.29, 1.82) is 0 Å². The van der Waals surface area contributed by atoms with Crippen molar-refractivity contribution in [3.63, 3.8) is 0 Å². The number of carboxylic acids is 1. The summed E-state index contributed by atoms with van der Waals surface area (Å²) in [5, 5.41) is 19.0. The van der Waals surface area contributed by atoms with Crippen LogP contribution in [0.1, 0.15) is 35.0 Å². The van der Waals surface area contributed by atoms with Gasteiger partial charge in [0.15, 0.2) is 0 Å². The Morgan fingerprint density at radius 2 is 2.29 bits per heavy atom. The van der Waals surface area contributed by atoms with Crippen molar-refractivity contribution in [3.8, 4) is 0 Å². The van der Waals surface area contributed by atoms with E-state index in [1.807, 2.05) is 0 Å². The second-order valence-electron chi connectivity index (χ2n) is 5.85. The highest BCUT2D eigenvalue weighted by molar-refractivity contribution is 7.18. The largest absolute Gasteiger partial charge is 0.481 e. The number of hydrogen-bond donors (Lipinski definition) is 2. The molecule has 1 aliphatic rings. The lowest BCUT2D eigenvalue weighted by Gasteiger charge is -2.13. The molecule has 1 aliphatic carbocycles. The van der Waals surface area contributed by atoms with Gasteiger partial charge in [0, 0.05) is 31.6 Å². The number of rotatable bonds is 7. The minimum Gasteiger partial charge on any atom is -0.481 e. The molecule has 3 rings (SSSR count). The van der Waals surface area contributed by atoms with E-state index in [1.165, 1.54) is 11.3 Å². The number of hydrogen-bond acceptors (Lipinski definition) is 6. The van der Waals surface area contributed by atoms with Crippen LogP contribution in [0.3, 0.4) is 0 Å². The Morgan fingerprint density at radius 1 is 1.50 bits per heavy atom. The standard InChI is InChI=1S/C16H20N2O5S/c1-23-8-5-11-17-14-13(15(20)18(11)6-2-7-19)12-9(16(21)22)3-4-10(12)24-14/h9,19H,2-8H2,1H3,(H,21,22). The van der Waals surface area contributed by atoms with Crippen LogP contribution in [0.15, 0.2) is 4.79 Å². The molecule has 0 spiro atoms. The summed E-state index contributed by atoms with van der Waals surface area (Å²) in [4.78, 5) is 30.7. The van der Waals surface area contributed by atoms with Gasteiger partial charge in [0.05, 0.1) is 17.9 Å². The SMILES string of the molecule is COCCc1nc2sc3c(c2c(=O)n1CCCO)C(C(=O)O)CC3. The van der Waals surface area contributed by atoms with E-state index in [9.17, 15) is 14.7 Å². The number of aliphatic hydroxyl groups is 1. The number of ether oxygens (including phenoxy) is 1. The maximum absolute atomic E-state index is 13.0. The molecule has 0 amide bonds. The third-order valence-corrected chi connectivity index (χ3v) is 5.54. The second kappa shape index (κ2) is 7.00. The van der Waals surface area contributed by atoms with E-state index in [2.05, 4.69) is 4.98 Å². The number of carbonyl (C=O) groups is 1. The number of thiophene rings is 1. The molecule has 0 bridgehead atoms. The van der Waals surface area contributed by atoms with Crippen molar-refractivity contribution in [2.24, 2.45) is 0 Å². The Labute approximate surface area is 142 Å². The van der Waals surface area contributed by atoms with Gasteiger partial charge in [0.25, 0.3) is 5.56 Å². The lowest BCUT2D eigenvalue weighted by molar-refractivity contribution is -0.138. The summed E-state index contributed by atoms with van der Waals surface area (Å²) in [5.41, 5.74) is 0.446. The lowest BCUT2D eigenvalue weighted by atomic mass is 10.0.